The second-order valence-corrected chi connectivity index (χ2v) is 24.6. The Labute approximate surface area is 641 Å². The minimum Gasteiger partial charge on any atom is -0.497 e. The van der Waals surface area contributed by atoms with Gasteiger partial charge in [0.15, 0.2) is 11.3 Å². The lowest BCUT2D eigenvalue weighted by Crippen LogP contribution is -2.44. The second kappa shape index (κ2) is 40.4. The fraction of sp³-hybridized carbons (Fsp3) is 0.219. The maximum atomic E-state index is 14.0. The molecule has 0 radical (unpaired) electrons. The van der Waals surface area contributed by atoms with Crippen LogP contribution in [0.3, 0.4) is 0 Å². The zero-order chi connectivity index (χ0) is 78.5. The number of aromatic nitrogens is 6. The first-order chi connectivity index (χ1) is 51.1. The third-order valence-corrected chi connectivity index (χ3v) is 17.4. The van der Waals surface area contributed by atoms with Crippen LogP contribution in [0.2, 0.25) is 0 Å². The van der Waals surface area contributed by atoms with Crippen LogP contribution in [0.4, 0.5) is 26.3 Å². The summed E-state index contributed by atoms with van der Waals surface area (Å²) in [5.41, 5.74) is 11.1. The first-order valence-electron chi connectivity index (χ1n) is 31.9. The number of rotatable bonds is 22. The molecule has 0 aliphatic carbocycles. The smallest absolute Gasteiger partial charge is 0.496 e. The minimum absolute atomic E-state index is 0. The van der Waals surface area contributed by atoms with Crippen molar-refractivity contribution in [1.29, 1.82) is 0 Å². The van der Waals surface area contributed by atoms with Crippen LogP contribution in [-0.2, 0) is 56.0 Å². The average molecular weight is 1670 g/mol. The van der Waals surface area contributed by atoms with Crippen LogP contribution in [0.15, 0.2) is 161 Å². The van der Waals surface area contributed by atoms with Gasteiger partial charge < -0.3 is 73.1 Å². The summed E-state index contributed by atoms with van der Waals surface area (Å²) in [6.45, 7) is 4.02. The highest BCUT2D eigenvalue weighted by Crippen LogP contribution is 2.42. The molecule has 0 aliphatic heterocycles. The molecule has 0 unspecified atom stereocenters. The average Bonchev–Trinajstić information content (AvgIpc) is 1.43. The number of hydrogen-bond donors (Lipinski definition) is 6. The van der Waals surface area contributed by atoms with Crippen LogP contribution in [-0.4, -0.2) is 146 Å². The Morgan fingerprint density at radius 2 is 0.870 bits per heavy atom. The zero-order valence-electron chi connectivity index (χ0n) is 58.6. The fourth-order valence-corrected chi connectivity index (χ4v) is 11.7. The number of carbonyl (C=O) groups is 6. The SMILES string of the molecule is CCc1cc(OC)c(-c2ccc(C[C@H](NC(=O)c3c(F)cccc3F)C(=O)O)n3ccnc23)c(OC)c1.CCc1cc(OC)c(B(O)O)c(OC)c1.COC(=O)[C@@H](N)Cc1ccc(Br)c2nccn12.COC(=O)[C@H](Cc1ccc(Br)c2nccn12)NC(=O)c1c(F)cccc1F.Cl.O=C(Cl)c1c(F)cccc1F. The van der Waals surface area contributed by atoms with Gasteiger partial charge in [-0.15, -0.1) is 12.4 Å². The van der Waals surface area contributed by atoms with Crippen molar-refractivity contribution in [3.63, 3.8) is 0 Å². The molecule has 0 spiro atoms. The number of halogens is 10. The van der Waals surface area contributed by atoms with Crippen LogP contribution in [0.5, 0.6) is 23.0 Å². The number of amides is 2. The Hall–Kier alpha value is -10.5. The number of esters is 2. The van der Waals surface area contributed by atoms with Crippen LogP contribution in [0.1, 0.15) is 73.1 Å². The van der Waals surface area contributed by atoms with Crippen LogP contribution < -0.4 is 40.8 Å². The maximum Gasteiger partial charge on any atom is 0.496 e. The van der Waals surface area contributed by atoms with Crippen molar-refractivity contribution >= 4 is 120 Å². The van der Waals surface area contributed by atoms with Gasteiger partial charge in [-0.25, -0.2) is 50.9 Å². The highest BCUT2D eigenvalue weighted by Gasteiger charge is 2.30. The van der Waals surface area contributed by atoms with E-state index in [-0.39, 0.29) is 30.7 Å². The van der Waals surface area contributed by atoms with Gasteiger partial charge >= 0.3 is 25.0 Å². The molecule has 5 aromatic carbocycles. The van der Waals surface area contributed by atoms with Gasteiger partial charge in [-0.1, -0.05) is 32.0 Å². The van der Waals surface area contributed by atoms with Gasteiger partial charge in [0.05, 0.1) is 62.6 Å². The highest BCUT2D eigenvalue weighted by atomic mass is 79.9. The number of imidazole rings is 3. The molecular weight excluding hydrogens is 1600 g/mol. The summed E-state index contributed by atoms with van der Waals surface area (Å²) in [5, 5.41) is 31.6. The number of carbonyl (C=O) groups excluding carboxylic acids is 5. The third-order valence-electron chi connectivity index (χ3n) is 16.0. The molecule has 0 saturated carbocycles. The summed E-state index contributed by atoms with van der Waals surface area (Å²) in [7, 11) is 7.00. The van der Waals surface area contributed by atoms with E-state index in [4.69, 9.17) is 41.0 Å². The van der Waals surface area contributed by atoms with Gasteiger partial charge in [-0.3, -0.25) is 19.2 Å². The van der Waals surface area contributed by atoms with Gasteiger partial charge in [-0.05, 0) is 164 Å². The number of nitrogens with one attached hydrogen (secondary N) is 2. The van der Waals surface area contributed by atoms with E-state index >= 15 is 0 Å². The van der Waals surface area contributed by atoms with Crippen LogP contribution in [0.25, 0.3) is 28.1 Å². The Balaban J connectivity index is 0.000000225. The van der Waals surface area contributed by atoms with Gasteiger partial charge in [0.1, 0.15) is 98.4 Å². The number of pyridine rings is 3. The molecule has 11 aromatic rings. The van der Waals surface area contributed by atoms with E-state index in [1.807, 2.05) is 48.7 Å². The number of benzene rings is 5. The Morgan fingerprint density at radius 3 is 1.23 bits per heavy atom. The number of carboxylic acids is 1. The van der Waals surface area contributed by atoms with E-state index < -0.39 is 112 Å². The number of aryl methyl sites for hydroxylation is 2. The molecule has 0 aliphatic rings. The van der Waals surface area contributed by atoms with Gasteiger partial charge in [0, 0.05) is 79.1 Å². The fourth-order valence-electron chi connectivity index (χ4n) is 10.7. The van der Waals surface area contributed by atoms with E-state index in [0.29, 0.717) is 63.2 Å². The number of fused-ring (bicyclic) bond motifs is 3. The number of methoxy groups -OCH3 is 6. The van der Waals surface area contributed by atoms with E-state index in [2.05, 4.69) is 62.2 Å². The number of nitrogens with two attached hydrogens (primary N) is 1. The predicted molar refractivity (Wildman–Crippen MR) is 397 cm³/mol. The van der Waals surface area contributed by atoms with Crippen molar-refractivity contribution in [2.24, 2.45) is 5.73 Å². The van der Waals surface area contributed by atoms with Crippen LogP contribution in [0, 0.1) is 34.9 Å². The number of aliphatic carboxylic acids is 1. The molecule has 6 heterocycles. The van der Waals surface area contributed by atoms with Crippen molar-refractivity contribution < 1.29 is 98.7 Å². The number of hydrogen-bond acceptors (Lipinski definition) is 18. The normalized spacial score (nSPS) is 11.4. The Morgan fingerprint density at radius 1 is 0.519 bits per heavy atom. The van der Waals surface area contributed by atoms with Crippen LogP contribution >= 0.6 is 55.9 Å². The van der Waals surface area contributed by atoms with Gasteiger partial charge in [-0.2, -0.15) is 0 Å². The Bertz CT molecular complexity index is 4930. The largest absolute Gasteiger partial charge is 0.497 e. The molecule has 0 fully saturated rings. The van der Waals surface area contributed by atoms with E-state index in [0.717, 1.165) is 98.9 Å². The molecule has 3 atom stereocenters. The molecule has 24 nitrogen and oxygen atoms in total. The van der Waals surface area contributed by atoms with E-state index in [9.17, 15) is 70.3 Å². The Kier molecular flexibility index (Phi) is 32.3. The first-order valence-corrected chi connectivity index (χ1v) is 33.9. The molecule has 11 rings (SSSR count). The number of ether oxygens (including phenoxy) is 6. The molecule has 2 amide bonds. The molecule has 0 saturated heterocycles. The van der Waals surface area contributed by atoms with Crippen molar-refractivity contribution in [3.05, 3.63) is 241 Å². The standard InChI is InChI=1S/C27H25F2N3O5.C18H14BrF2N3O3.C11H12BrN3O2.C10H15BO4.C7H3ClF2O.ClH/c1-4-15-12-21(36-2)23(22(13-15)37-3)17-9-8-16(32-11-10-30-25(17)32)14-20(27(34)35)31-26(33)24-18(28)6-5-7-19(24)29;1-27-18(26)14(23-17(25)15-12(20)3-2-4-13(15)21)9-10-5-6-11(19)16-22-7-8-24(10)16;1-17-11(16)9(13)6-7-2-3-8(12)10-14-4-5-15(7)10;1-4-7-5-8(14-2)10(11(12)13)9(6-7)15-3;8-7(11)6-4(9)2-1-3-5(6)10;/h5-13,20H,4,14H2,1-3H3,(H,31,33)(H,34,35);2-8,14H,9H2,1H3,(H,23,25);2-5,9H,6,13H2,1H3;5-6,12-13H,4H2,1-3H3;1-3H;1H/t20-;14-;9-;;;/m000.../s1. The monoisotopic (exact) mass is 1670 g/mol. The topological polar surface area (TPSA) is 320 Å². The molecule has 35 heteroatoms. The van der Waals surface area contributed by atoms with Gasteiger partial charge in [0.25, 0.3) is 17.1 Å². The quantitative estimate of drug-likeness (QED) is 0.0159. The summed E-state index contributed by atoms with van der Waals surface area (Å²) in [6.07, 6.45) is 11.9. The maximum absolute atomic E-state index is 14.0. The second-order valence-electron chi connectivity index (χ2n) is 22.5. The molecule has 7 N–H and O–H groups in total. The van der Waals surface area contributed by atoms with Crippen molar-refractivity contribution in [1.82, 2.24) is 38.8 Å². The lowest BCUT2D eigenvalue weighted by atomic mass is 9.78. The summed E-state index contributed by atoms with van der Waals surface area (Å²) in [4.78, 5) is 83.5. The third kappa shape index (κ3) is 21.2. The summed E-state index contributed by atoms with van der Waals surface area (Å²) >= 11 is 11.7. The lowest BCUT2D eigenvalue weighted by Gasteiger charge is -2.19. The lowest BCUT2D eigenvalue weighted by molar-refractivity contribution is -0.143. The minimum atomic E-state index is -1.60. The van der Waals surface area contributed by atoms with Crippen molar-refractivity contribution in [2.75, 3.05) is 42.7 Å². The molecule has 6 aromatic heterocycles. The van der Waals surface area contributed by atoms with E-state index in [1.165, 1.54) is 28.4 Å². The first kappa shape index (κ1) is 86.4. The highest BCUT2D eigenvalue weighted by molar-refractivity contribution is 9.11. The molecule has 0 bridgehead atoms. The molecule has 570 valence electrons. The van der Waals surface area contributed by atoms with Crippen molar-refractivity contribution in [3.8, 4) is 34.1 Å². The number of nitrogens with zero attached hydrogens (tertiary/aromatic N) is 6. The molecular formula is C73H70BBr2Cl2F6N9O15. The summed E-state index contributed by atoms with van der Waals surface area (Å²) < 4.78 is 119. The zero-order valence-corrected chi connectivity index (χ0v) is 63.3. The predicted octanol–water partition coefficient (Wildman–Crippen LogP) is 11.0. The number of carboxylic acid groups (broad SMARTS) is 1. The van der Waals surface area contributed by atoms with Crippen molar-refractivity contribution in [2.45, 2.75) is 64.1 Å². The summed E-state index contributed by atoms with van der Waals surface area (Å²) in [6, 6.07) is 24.0. The van der Waals surface area contributed by atoms with E-state index in [1.54, 1.807) is 90.4 Å². The molecule has 108 heavy (non-hydrogen) atoms. The van der Waals surface area contributed by atoms with Gasteiger partial charge in [0.2, 0.25) is 0 Å². The summed E-state index contributed by atoms with van der Waals surface area (Å²) in [5.74, 6) is -8.75.